The zero-order valence-corrected chi connectivity index (χ0v) is 28.4. The number of Topliss-reactive ketones (excluding diaryl/α,β-unsaturated/α-hetero) is 1. The first-order chi connectivity index (χ1) is 21.9. The van der Waals surface area contributed by atoms with Gasteiger partial charge in [0.25, 0.3) is 0 Å². The Balaban J connectivity index is 1.52. The first-order valence-electron chi connectivity index (χ1n) is 15.5. The van der Waals surface area contributed by atoms with Crippen LogP contribution in [-0.4, -0.2) is 43.8 Å². The molecule has 2 aliphatic rings. The van der Waals surface area contributed by atoms with Crippen molar-refractivity contribution in [3.63, 3.8) is 0 Å². The number of ketones is 1. The monoisotopic (exact) mass is 676 g/mol. The van der Waals surface area contributed by atoms with Gasteiger partial charge in [-0.25, -0.2) is 16.8 Å². The van der Waals surface area contributed by atoms with Crippen LogP contribution in [0.2, 0.25) is 5.02 Å². The van der Waals surface area contributed by atoms with Crippen molar-refractivity contribution in [2.24, 2.45) is 5.92 Å². The molecule has 240 valence electrons. The van der Waals surface area contributed by atoms with Crippen LogP contribution in [0.5, 0.6) is 0 Å². The van der Waals surface area contributed by atoms with Crippen molar-refractivity contribution in [3.8, 4) is 0 Å². The summed E-state index contributed by atoms with van der Waals surface area (Å²) in [5.41, 5.74) is 4.03. The van der Waals surface area contributed by atoms with Crippen LogP contribution in [0.3, 0.4) is 0 Å². The maximum atomic E-state index is 14.7. The molecule has 0 radical (unpaired) electrons. The van der Waals surface area contributed by atoms with Gasteiger partial charge in [-0.1, -0.05) is 90.8 Å². The molecule has 2 heterocycles. The van der Waals surface area contributed by atoms with E-state index < -0.39 is 44.1 Å². The van der Waals surface area contributed by atoms with Gasteiger partial charge in [-0.3, -0.25) is 4.79 Å². The third-order valence-electron chi connectivity index (χ3n) is 9.40. The Morgan fingerprint density at radius 3 is 2.00 bits per heavy atom. The van der Waals surface area contributed by atoms with Gasteiger partial charge in [0, 0.05) is 29.9 Å². The third kappa shape index (κ3) is 5.95. The topological polar surface area (TPSA) is 91.8 Å². The molecule has 10 heteroatoms. The summed E-state index contributed by atoms with van der Waals surface area (Å²) >= 11 is 6.20. The number of hydrogen-bond acceptors (Lipinski definition) is 5. The smallest absolute Gasteiger partial charge is 0.244 e. The molecule has 0 saturated carbocycles. The van der Waals surface area contributed by atoms with Gasteiger partial charge < -0.3 is 0 Å². The number of benzene rings is 4. The lowest BCUT2D eigenvalue weighted by Gasteiger charge is -2.51. The minimum atomic E-state index is -4.14. The fourth-order valence-electron chi connectivity index (χ4n) is 6.86. The van der Waals surface area contributed by atoms with Crippen LogP contribution >= 0.6 is 11.6 Å². The summed E-state index contributed by atoms with van der Waals surface area (Å²) in [6.45, 7) is 5.56. The summed E-state index contributed by atoms with van der Waals surface area (Å²) in [4.78, 5) is 14.4. The van der Waals surface area contributed by atoms with Crippen molar-refractivity contribution >= 4 is 37.4 Å². The van der Waals surface area contributed by atoms with Gasteiger partial charge in [0.15, 0.2) is 0 Å². The lowest BCUT2D eigenvalue weighted by Crippen LogP contribution is -2.61. The van der Waals surface area contributed by atoms with E-state index in [1.165, 1.54) is 8.61 Å². The van der Waals surface area contributed by atoms with Crippen molar-refractivity contribution < 1.29 is 21.6 Å². The molecule has 46 heavy (non-hydrogen) atoms. The van der Waals surface area contributed by atoms with E-state index in [1.807, 2.05) is 38.1 Å². The van der Waals surface area contributed by atoms with E-state index >= 15 is 0 Å². The highest BCUT2D eigenvalue weighted by atomic mass is 35.5. The number of hydrogen-bond donors (Lipinski definition) is 0. The number of carbonyl (C=O) groups is 1. The molecule has 7 nitrogen and oxygen atoms in total. The Bertz CT molecular complexity index is 1960. The van der Waals surface area contributed by atoms with E-state index in [2.05, 4.69) is 0 Å². The molecule has 6 rings (SSSR count). The highest BCUT2D eigenvalue weighted by Gasteiger charge is 2.54. The number of nitrogens with zero attached hydrogens (tertiary/aromatic N) is 2. The average molecular weight is 677 g/mol. The quantitative estimate of drug-likeness (QED) is 0.209. The Hall–Kier alpha value is -3.34. The van der Waals surface area contributed by atoms with Gasteiger partial charge in [-0.15, -0.1) is 0 Å². The molecule has 4 aromatic rings. The lowest BCUT2D eigenvalue weighted by molar-refractivity contribution is -0.132. The standard InChI is InChI=1S/C36H37ClN2O5S2/c1-4-26-11-13-27(14-12-26)32-21-34-31(23-38(32)45(41,42)30-19-9-24(2)10-20-30)35(40)22-33(28-15-17-29(37)18-16-28)39(34)46(43,44)36-8-6-5-7-25(36)3/h5-20,31-34H,4,21-23H2,1-3H3/t31-,32?,33+,34+/m1/s1. The summed E-state index contributed by atoms with van der Waals surface area (Å²) < 4.78 is 61.0. The molecule has 4 atom stereocenters. The Labute approximate surface area is 276 Å². The molecule has 0 N–H and O–H groups in total. The number of fused-ring (bicyclic) bond motifs is 1. The predicted molar refractivity (Wildman–Crippen MR) is 180 cm³/mol. The lowest BCUT2D eigenvalue weighted by atomic mass is 9.77. The van der Waals surface area contributed by atoms with Crippen LogP contribution in [-0.2, 0) is 31.3 Å². The van der Waals surface area contributed by atoms with E-state index in [0.717, 1.165) is 23.1 Å². The summed E-state index contributed by atoms with van der Waals surface area (Å²) in [5.74, 6) is -1.01. The van der Waals surface area contributed by atoms with Crippen LogP contribution in [0.25, 0.3) is 0 Å². The van der Waals surface area contributed by atoms with E-state index in [0.29, 0.717) is 16.1 Å². The maximum Gasteiger partial charge on any atom is 0.244 e. The molecule has 4 aromatic carbocycles. The van der Waals surface area contributed by atoms with Crippen LogP contribution in [0, 0.1) is 19.8 Å². The van der Waals surface area contributed by atoms with Crippen LogP contribution in [0.1, 0.15) is 59.7 Å². The first-order valence-corrected chi connectivity index (χ1v) is 18.7. The molecule has 2 fully saturated rings. The zero-order valence-electron chi connectivity index (χ0n) is 26.0. The normalized spacial score (nSPS) is 22.8. The molecule has 0 aliphatic carbocycles. The van der Waals surface area contributed by atoms with Crippen molar-refractivity contribution in [1.29, 1.82) is 0 Å². The number of aryl methyl sites for hydroxylation is 3. The minimum Gasteiger partial charge on any atom is -0.299 e. The van der Waals surface area contributed by atoms with Crippen molar-refractivity contribution in [1.82, 2.24) is 8.61 Å². The van der Waals surface area contributed by atoms with Crippen molar-refractivity contribution in [3.05, 3.63) is 130 Å². The zero-order chi connectivity index (χ0) is 32.8. The molecule has 2 aliphatic heterocycles. The molecule has 0 amide bonds. The second-order valence-corrected chi connectivity index (χ2v) is 16.4. The van der Waals surface area contributed by atoms with E-state index in [4.69, 9.17) is 11.6 Å². The molecular formula is C36H37ClN2O5S2. The minimum absolute atomic E-state index is 0.0812. The number of sulfonamides is 2. The second kappa shape index (κ2) is 12.7. The van der Waals surface area contributed by atoms with Crippen molar-refractivity contribution in [2.45, 2.75) is 68.0 Å². The highest BCUT2D eigenvalue weighted by molar-refractivity contribution is 7.89. The number of piperidine rings is 2. The summed E-state index contributed by atoms with van der Waals surface area (Å²) in [5, 5.41) is 0.502. The molecular weight excluding hydrogens is 640 g/mol. The molecule has 2 saturated heterocycles. The Kier molecular flexibility index (Phi) is 8.99. The van der Waals surface area contributed by atoms with Gasteiger partial charge >= 0.3 is 0 Å². The number of halogens is 1. The molecule has 1 unspecified atom stereocenters. The Morgan fingerprint density at radius 2 is 1.37 bits per heavy atom. The van der Waals surface area contributed by atoms with E-state index in [1.54, 1.807) is 79.7 Å². The third-order valence-corrected chi connectivity index (χ3v) is 13.6. The number of carbonyl (C=O) groups excluding carboxylic acids is 1. The van der Waals surface area contributed by atoms with Crippen LogP contribution in [0.4, 0.5) is 0 Å². The maximum absolute atomic E-state index is 14.7. The second-order valence-electron chi connectivity index (χ2n) is 12.2. The van der Waals surface area contributed by atoms with Gasteiger partial charge in [-0.05, 0) is 79.3 Å². The Morgan fingerprint density at radius 1 is 0.761 bits per heavy atom. The van der Waals surface area contributed by atoms with Crippen LogP contribution in [0.15, 0.2) is 107 Å². The van der Waals surface area contributed by atoms with Crippen molar-refractivity contribution in [2.75, 3.05) is 6.54 Å². The highest BCUT2D eigenvalue weighted by Crippen LogP contribution is 2.48. The fraction of sp³-hybridized carbons (Fsp3) is 0.306. The predicted octanol–water partition coefficient (Wildman–Crippen LogP) is 7.04. The first kappa shape index (κ1) is 32.6. The van der Waals surface area contributed by atoms with Gasteiger partial charge in [0.1, 0.15) is 5.78 Å². The van der Waals surface area contributed by atoms with Crippen LogP contribution < -0.4 is 0 Å². The largest absolute Gasteiger partial charge is 0.299 e. The SMILES string of the molecule is CCc1ccc(C2C[C@H]3[C@@H](CN2S(=O)(=O)c2ccc(C)cc2)C(=O)C[C@@H](c2ccc(Cl)cc2)N3S(=O)(=O)c2ccccc2C)cc1. The average Bonchev–Trinajstić information content (AvgIpc) is 3.04. The number of rotatable bonds is 7. The van der Waals surface area contributed by atoms with Gasteiger partial charge in [-0.2, -0.15) is 8.61 Å². The molecule has 0 aromatic heterocycles. The molecule has 0 bridgehead atoms. The van der Waals surface area contributed by atoms with E-state index in [9.17, 15) is 21.6 Å². The summed E-state index contributed by atoms with van der Waals surface area (Å²) in [6.07, 6.45) is 0.852. The summed E-state index contributed by atoms with van der Waals surface area (Å²) in [7, 11) is -8.19. The van der Waals surface area contributed by atoms with Gasteiger partial charge in [0.2, 0.25) is 20.0 Å². The van der Waals surface area contributed by atoms with E-state index in [-0.39, 0.29) is 35.0 Å². The fourth-order valence-corrected chi connectivity index (χ4v) is 10.7. The van der Waals surface area contributed by atoms with Gasteiger partial charge in [0.05, 0.1) is 21.9 Å². The molecule has 0 spiro atoms. The summed E-state index contributed by atoms with van der Waals surface area (Å²) in [6, 6.07) is 25.9.